The van der Waals surface area contributed by atoms with E-state index in [1.807, 2.05) is 60.7 Å². The third-order valence-corrected chi connectivity index (χ3v) is 3.90. The van der Waals surface area contributed by atoms with Gasteiger partial charge in [-0.05, 0) is 11.1 Å². The molecule has 3 rings (SSSR count). The molecule has 2 aromatic carbocycles. The molecule has 1 heterocycles. The van der Waals surface area contributed by atoms with Crippen LogP contribution in [0.2, 0.25) is 0 Å². The molecular formula is C20H21N3O2. The first-order valence-electron chi connectivity index (χ1n) is 8.27. The molecular weight excluding hydrogens is 314 g/mol. The maximum atomic E-state index is 12.2. The predicted octanol–water partition coefficient (Wildman–Crippen LogP) is 2.26. The molecule has 0 saturated heterocycles. The molecule has 0 saturated carbocycles. The van der Waals surface area contributed by atoms with Crippen LogP contribution >= 0.6 is 0 Å². The summed E-state index contributed by atoms with van der Waals surface area (Å²) in [7, 11) is 0. The van der Waals surface area contributed by atoms with Crippen LogP contribution in [0.15, 0.2) is 73.1 Å². The van der Waals surface area contributed by atoms with Gasteiger partial charge in [0.25, 0.3) is 5.91 Å². The molecule has 5 heteroatoms. The quantitative estimate of drug-likeness (QED) is 0.696. The Morgan fingerprint density at radius 1 is 1.04 bits per heavy atom. The van der Waals surface area contributed by atoms with Crippen molar-refractivity contribution in [3.8, 4) is 0 Å². The largest absolute Gasteiger partial charge is 0.391 e. The lowest BCUT2D eigenvalue weighted by atomic mass is 10.1. The normalized spacial score (nSPS) is 11.9. The Morgan fingerprint density at radius 2 is 1.68 bits per heavy atom. The minimum absolute atomic E-state index is 0.206. The number of amides is 1. The van der Waals surface area contributed by atoms with Crippen molar-refractivity contribution in [2.45, 2.75) is 19.1 Å². The Labute approximate surface area is 146 Å². The first kappa shape index (κ1) is 16.9. The molecule has 0 spiro atoms. The Morgan fingerprint density at radius 3 is 2.36 bits per heavy atom. The van der Waals surface area contributed by atoms with Gasteiger partial charge in [-0.15, -0.1) is 0 Å². The molecule has 1 unspecified atom stereocenters. The molecule has 0 fully saturated rings. The van der Waals surface area contributed by atoms with Crippen molar-refractivity contribution >= 4 is 5.91 Å². The van der Waals surface area contributed by atoms with Crippen LogP contribution in [0.5, 0.6) is 0 Å². The monoisotopic (exact) mass is 335 g/mol. The van der Waals surface area contributed by atoms with Gasteiger partial charge in [-0.25, -0.2) is 0 Å². The van der Waals surface area contributed by atoms with E-state index in [0.29, 0.717) is 18.5 Å². The number of aromatic nitrogens is 2. The Bertz CT molecular complexity index is 800. The molecule has 0 aliphatic carbocycles. The minimum atomic E-state index is -0.620. The van der Waals surface area contributed by atoms with Crippen molar-refractivity contribution in [1.82, 2.24) is 15.1 Å². The Kier molecular flexibility index (Phi) is 5.59. The number of nitrogens with one attached hydrogen (secondary N) is 1. The molecule has 0 radical (unpaired) electrons. The minimum Gasteiger partial charge on any atom is -0.391 e. The molecule has 0 bridgehead atoms. The van der Waals surface area contributed by atoms with Gasteiger partial charge < -0.3 is 10.4 Å². The summed E-state index contributed by atoms with van der Waals surface area (Å²) < 4.78 is 1.73. The van der Waals surface area contributed by atoms with E-state index in [4.69, 9.17) is 0 Å². The Balaban J connectivity index is 1.50. The van der Waals surface area contributed by atoms with Gasteiger partial charge in [0.1, 0.15) is 0 Å². The van der Waals surface area contributed by atoms with Gasteiger partial charge in [-0.3, -0.25) is 9.48 Å². The topological polar surface area (TPSA) is 67.2 Å². The van der Waals surface area contributed by atoms with E-state index in [-0.39, 0.29) is 12.5 Å². The molecule has 1 atom stereocenters. The van der Waals surface area contributed by atoms with Crippen LogP contribution in [-0.2, 0) is 13.0 Å². The van der Waals surface area contributed by atoms with E-state index in [2.05, 4.69) is 10.4 Å². The van der Waals surface area contributed by atoms with Crippen molar-refractivity contribution in [2.24, 2.45) is 0 Å². The van der Waals surface area contributed by atoms with Crippen LogP contribution in [0.3, 0.4) is 0 Å². The third-order valence-electron chi connectivity index (χ3n) is 3.90. The summed E-state index contributed by atoms with van der Waals surface area (Å²) in [5.74, 6) is -0.230. The molecule has 3 aromatic rings. The highest BCUT2D eigenvalue weighted by Crippen LogP contribution is 2.05. The maximum Gasteiger partial charge on any atom is 0.254 e. The fraction of sp³-hybridized carbons (Fsp3) is 0.200. The fourth-order valence-electron chi connectivity index (χ4n) is 2.61. The number of hydrogen-bond acceptors (Lipinski definition) is 3. The second-order valence-corrected chi connectivity index (χ2v) is 5.97. The number of hydrogen-bond donors (Lipinski definition) is 2. The number of aliphatic hydroxyl groups is 1. The van der Waals surface area contributed by atoms with Gasteiger partial charge in [0.2, 0.25) is 0 Å². The van der Waals surface area contributed by atoms with E-state index in [9.17, 15) is 9.90 Å². The summed E-state index contributed by atoms with van der Waals surface area (Å²) in [6, 6.07) is 19.7. The van der Waals surface area contributed by atoms with Gasteiger partial charge >= 0.3 is 0 Å². The van der Waals surface area contributed by atoms with Crippen LogP contribution in [0.25, 0.3) is 0 Å². The summed E-state index contributed by atoms with van der Waals surface area (Å²) >= 11 is 0. The van der Waals surface area contributed by atoms with Crippen molar-refractivity contribution in [1.29, 1.82) is 0 Å². The summed E-state index contributed by atoms with van der Waals surface area (Å²) in [5, 5.41) is 17.0. The van der Waals surface area contributed by atoms with Gasteiger partial charge in [-0.1, -0.05) is 60.7 Å². The third kappa shape index (κ3) is 5.02. The van der Waals surface area contributed by atoms with Crippen LogP contribution in [-0.4, -0.2) is 33.4 Å². The molecule has 25 heavy (non-hydrogen) atoms. The van der Waals surface area contributed by atoms with Crippen molar-refractivity contribution in [3.05, 3.63) is 89.7 Å². The number of nitrogens with zero attached hydrogens (tertiary/aromatic N) is 2. The lowest BCUT2D eigenvalue weighted by molar-refractivity contribution is 0.0916. The van der Waals surface area contributed by atoms with Crippen LogP contribution in [0, 0.1) is 0 Å². The van der Waals surface area contributed by atoms with Crippen LogP contribution in [0.1, 0.15) is 21.5 Å². The zero-order valence-corrected chi connectivity index (χ0v) is 13.9. The Hall–Kier alpha value is -2.92. The van der Waals surface area contributed by atoms with E-state index >= 15 is 0 Å². The summed E-state index contributed by atoms with van der Waals surface area (Å²) in [6.45, 7) is 0.822. The first-order valence-corrected chi connectivity index (χ1v) is 8.27. The smallest absolute Gasteiger partial charge is 0.254 e. The maximum absolute atomic E-state index is 12.2. The van der Waals surface area contributed by atoms with E-state index in [0.717, 1.165) is 11.1 Å². The van der Waals surface area contributed by atoms with Crippen molar-refractivity contribution in [2.75, 3.05) is 6.54 Å². The summed E-state index contributed by atoms with van der Waals surface area (Å²) in [5.41, 5.74) is 2.65. The van der Waals surface area contributed by atoms with Crippen LogP contribution < -0.4 is 5.32 Å². The number of aliphatic hydroxyl groups excluding tert-OH is 1. The highest BCUT2D eigenvalue weighted by atomic mass is 16.3. The van der Waals surface area contributed by atoms with Gasteiger partial charge in [0, 0.05) is 19.2 Å². The molecule has 1 amide bonds. The first-order chi connectivity index (χ1) is 12.2. The average molecular weight is 335 g/mol. The van der Waals surface area contributed by atoms with Gasteiger partial charge in [-0.2, -0.15) is 5.10 Å². The lowest BCUT2D eigenvalue weighted by Crippen LogP contribution is -2.33. The molecule has 1 aromatic heterocycles. The van der Waals surface area contributed by atoms with E-state index in [1.54, 1.807) is 17.1 Å². The van der Waals surface area contributed by atoms with E-state index < -0.39 is 6.10 Å². The van der Waals surface area contributed by atoms with Gasteiger partial charge in [0.15, 0.2) is 0 Å². The van der Waals surface area contributed by atoms with E-state index in [1.165, 1.54) is 0 Å². The SMILES string of the molecule is O=C(NCC(O)Cc1ccccc1)c1cnn(Cc2ccccc2)c1. The highest BCUT2D eigenvalue weighted by molar-refractivity contribution is 5.93. The lowest BCUT2D eigenvalue weighted by Gasteiger charge is -2.11. The average Bonchev–Trinajstić information content (AvgIpc) is 3.10. The molecule has 2 N–H and O–H groups in total. The molecule has 0 aliphatic rings. The number of benzene rings is 2. The number of rotatable bonds is 7. The summed E-state index contributed by atoms with van der Waals surface area (Å²) in [6.07, 6.45) is 3.15. The molecule has 5 nitrogen and oxygen atoms in total. The van der Waals surface area contributed by atoms with Crippen molar-refractivity contribution in [3.63, 3.8) is 0 Å². The molecule has 128 valence electrons. The molecule has 0 aliphatic heterocycles. The predicted molar refractivity (Wildman–Crippen MR) is 96.3 cm³/mol. The highest BCUT2D eigenvalue weighted by Gasteiger charge is 2.11. The summed E-state index contributed by atoms with van der Waals surface area (Å²) in [4.78, 5) is 12.2. The van der Waals surface area contributed by atoms with Gasteiger partial charge in [0.05, 0.1) is 24.4 Å². The zero-order valence-electron chi connectivity index (χ0n) is 13.9. The second kappa shape index (κ2) is 8.26. The van der Waals surface area contributed by atoms with Crippen molar-refractivity contribution < 1.29 is 9.90 Å². The zero-order chi connectivity index (χ0) is 17.5. The second-order valence-electron chi connectivity index (χ2n) is 5.97. The number of carbonyl (C=O) groups is 1. The van der Waals surface area contributed by atoms with Crippen LogP contribution in [0.4, 0.5) is 0 Å². The number of carbonyl (C=O) groups excluding carboxylic acids is 1. The standard InChI is InChI=1S/C20H21N3O2/c24-19(11-16-7-3-1-4-8-16)13-21-20(25)18-12-22-23(15-18)14-17-9-5-2-6-10-17/h1-10,12,15,19,24H,11,13-14H2,(H,21,25). The fourth-order valence-corrected chi connectivity index (χ4v) is 2.61.